The van der Waals surface area contributed by atoms with Gasteiger partial charge in [-0.2, -0.15) is 0 Å². The zero-order valence-corrected chi connectivity index (χ0v) is 16.1. The zero-order chi connectivity index (χ0) is 15.6. The summed E-state index contributed by atoms with van der Waals surface area (Å²) in [5, 5.41) is 6.42. The van der Waals surface area contributed by atoms with Gasteiger partial charge in [0.1, 0.15) is 0 Å². The second-order valence-corrected chi connectivity index (χ2v) is 5.13. The molecule has 6 heteroatoms. The van der Waals surface area contributed by atoms with Gasteiger partial charge >= 0.3 is 0 Å². The fourth-order valence-corrected chi connectivity index (χ4v) is 2.31. The number of hydrogen-bond acceptors (Lipinski definition) is 3. The van der Waals surface area contributed by atoms with E-state index in [-0.39, 0.29) is 24.0 Å². The number of aliphatic imine (C=N–C) groups is 1. The van der Waals surface area contributed by atoms with Crippen LogP contribution in [0.4, 0.5) is 5.69 Å². The van der Waals surface area contributed by atoms with Crippen LogP contribution in [0.5, 0.6) is 0 Å². The third kappa shape index (κ3) is 6.78. The minimum absolute atomic E-state index is 0. The van der Waals surface area contributed by atoms with E-state index in [0.29, 0.717) is 13.1 Å². The van der Waals surface area contributed by atoms with Crippen molar-refractivity contribution in [3.63, 3.8) is 0 Å². The molecule has 0 atom stereocenters. The fraction of sp³-hybridized carbons (Fsp3) is 0.471. The van der Waals surface area contributed by atoms with Crippen LogP contribution in [-0.4, -0.2) is 45.4 Å². The molecule has 0 saturated carbocycles. The first-order chi connectivity index (χ1) is 10.8. The maximum Gasteiger partial charge on any atom is 0.191 e. The van der Waals surface area contributed by atoms with Gasteiger partial charge in [-0.15, -0.1) is 30.6 Å². The van der Waals surface area contributed by atoms with Gasteiger partial charge < -0.3 is 20.3 Å². The van der Waals surface area contributed by atoms with E-state index in [0.717, 1.165) is 38.8 Å². The number of hydrogen-bond donors (Lipinski definition) is 2. The summed E-state index contributed by atoms with van der Waals surface area (Å²) in [7, 11) is 0. The Kier molecular flexibility index (Phi) is 9.70. The van der Waals surface area contributed by atoms with Crippen LogP contribution in [0.15, 0.2) is 41.9 Å². The largest absolute Gasteiger partial charge is 0.378 e. The monoisotopic (exact) mass is 430 g/mol. The summed E-state index contributed by atoms with van der Waals surface area (Å²) in [4.78, 5) is 6.93. The van der Waals surface area contributed by atoms with Crippen LogP contribution < -0.4 is 15.5 Å². The fourth-order valence-electron chi connectivity index (χ4n) is 2.31. The van der Waals surface area contributed by atoms with Crippen molar-refractivity contribution in [3.8, 4) is 0 Å². The van der Waals surface area contributed by atoms with Crippen molar-refractivity contribution in [1.82, 2.24) is 10.6 Å². The van der Waals surface area contributed by atoms with Gasteiger partial charge in [0.25, 0.3) is 0 Å². The summed E-state index contributed by atoms with van der Waals surface area (Å²) in [5.74, 6) is 0.819. The molecule has 0 bridgehead atoms. The lowest BCUT2D eigenvalue weighted by Gasteiger charge is -2.28. The summed E-state index contributed by atoms with van der Waals surface area (Å²) in [6, 6.07) is 8.62. The van der Waals surface area contributed by atoms with Crippen LogP contribution >= 0.6 is 24.0 Å². The van der Waals surface area contributed by atoms with Gasteiger partial charge in [-0.25, -0.2) is 4.99 Å². The van der Waals surface area contributed by atoms with Crippen LogP contribution in [-0.2, 0) is 11.3 Å². The number of anilines is 1. The van der Waals surface area contributed by atoms with E-state index in [1.165, 1.54) is 11.3 Å². The normalized spacial score (nSPS) is 14.8. The molecule has 1 aliphatic heterocycles. The van der Waals surface area contributed by atoms with E-state index in [1.807, 2.05) is 6.08 Å². The Hall–Kier alpha value is -1.28. The summed E-state index contributed by atoms with van der Waals surface area (Å²) >= 11 is 0. The zero-order valence-electron chi connectivity index (χ0n) is 13.8. The molecule has 1 aromatic carbocycles. The molecular weight excluding hydrogens is 403 g/mol. The predicted octanol–water partition coefficient (Wildman–Crippen LogP) is 2.38. The Morgan fingerprint density at radius 1 is 1.26 bits per heavy atom. The van der Waals surface area contributed by atoms with Crippen molar-refractivity contribution in [2.75, 3.05) is 44.3 Å². The Morgan fingerprint density at radius 2 is 1.96 bits per heavy atom. The first kappa shape index (κ1) is 19.8. The molecule has 2 rings (SSSR count). The number of rotatable bonds is 6. The molecule has 23 heavy (non-hydrogen) atoms. The number of ether oxygens (including phenoxy) is 1. The highest BCUT2D eigenvalue weighted by Gasteiger charge is 2.10. The van der Waals surface area contributed by atoms with Gasteiger partial charge in [-0.1, -0.05) is 18.2 Å². The molecule has 1 saturated heterocycles. The second kappa shape index (κ2) is 11.3. The number of morpholine rings is 1. The number of halogens is 1. The van der Waals surface area contributed by atoms with E-state index in [4.69, 9.17) is 4.74 Å². The molecule has 1 heterocycles. The van der Waals surface area contributed by atoms with E-state index in [9.17, 15) is 0 Å². The first-order valence-corrected chi connectivity index (χ1v) is 7.88. The van der Waals surface area contributed by atoms with Gasteiger partial charge in [0.15, 0.2) is 5.96 Å². The predicted molar refractivity (Wildman–Crippen MR) is 108 cm³/mol. The van der Waals surface area contributed by atoms with E-state index < -0.39 is 0 Å². The molecule has 0 aliphatic carbocycles. The van der Waals surface area contributed by atoms with Gasteiger partial charge in [0, 0.05) is 31.9 Å². The van der Waals surface area contributed by atoms with Crippen molar-refractivity contribution >= 4 is 35.6 Å². The van der Waals surface area contributed by atoms with E-state index in [2.05, 4.69) is 58.3 Å². The van der Waals surface area contributed by atoms with Crippen molar-refractivity contribution in [3.05, 3.63) is 42.5 Å². The summed E-state index contributed by atoms with van der Waals surface area (Å²) in [5.41, 5.74) is 2.46. The van der Waals surface area contributed by atoms with Gasteiger partial charge in [-0.3, -0.25) is 0 Å². The average Bonchev–Trinajstić information content (AvgIpc) is 2.58. The van der Waals surface area contributed by atoms with Gasteiger partial charge in [-0.05, 0) is 24.6 Å². The lowest BCUT2D eigenvalue weighted by molar-refractivity contribution is 0.122. The third-order valence-corrected chi connectivity index (χ3v) is 3.49. The highest BCUT2D eigenvalue weighted by molar-refractivity contribution is 14.0. The first-order valence-electron chi connectivity index (χ1n) is 7.88. The Balaban J connectivity index is 0.00000264. The molecule has 0 spiro atoms. The van der Waals surface area contributed by atoms with Crippen molar-refractivity contribution < 1.29 is 4.74 Å². The summed E-state index contributed by atoms with van der Waals surface area (Å²) in [6.45, 7) is 11.5. The minimum Gasteiger partial charge on any atom is -0.378 e. The number of benzene rings is 1. The molecule has 0 aromatic heterocycles. The van der Waals surface area contributed by atoms with Crippen LogP contribution in [0.2, 0.25) is 0 Å². The van der Waals surface area contributed by atoms with Crippen molar-refractivity contribution in [2.45, 2.75) is 13.5 Å². The molecule has 5 nitrogen and oxygen atoms in total. The van der Waals surface area contributed by atoms with E-state index >= 15 is 0 Å². The number of nitrogens with zero attached hydrogens (tertiary/aromatic N) is 2. The molecule has 1 aliphatic rings. The standard InChI is InChI=1S/C17H26N4O.HI/c1-3-9-19-17(18-4-2)20-14-15-5-7-16(8-6-15)21-10-12-22-13-11-21;/h3,5-8H,1,4,9-14H2,2H3,(H2,18,19,20);1H. The average molecular weight is 430 g/mol. The minimum atomic E-state index is 0. The molecule has 0 amide bonds. The SMILES string of the molecule is C=CCNC(=NCc1ccc(N2CCOCC2)cc1)NCC.I. The number of guanidine groups is 1. The Morgan fingerprint density at radius 3 is 2.57 bits per heavy atom. The maximum atomic E-state index is 5.38. The quantitative estimate of drug-likeness (QED) is 0.315. The van der Waals surface area contributed by atoms with Crippen molar-refractivity contribution in [1.29, 1.82) is 0 Å². The summed E-state index contributed by atoms with van der Waals surface area (Å²) < 4.78 is 5.38. The third-order valence-electron chi connectivity index (χ3n) is 3.49. The lowest BCUT2D eigenvalue weighted by atomic mass is 10.2. The van der Waals surface area contributed by atoms with Crippen LogP contribution in [0.1, 0.15) is 12.5 Å². The van der Waals surface area contributed by atoms with Crippen LogP contribution in [0.25, 0.3) is 0 Å². The molecule has 0 unspecified atom stereocenters. The maximum absolute atomic E-state index is 5.38. The highest BCUT2D eigenvalue weighted by atomic mass is 127. The van der Waals surface area contributed by atoms with Gasteiger partial charge in [0.05, 0.1) is 19.8 Å². The van der Waals surface area contributed by atoms with Crippen LogP contribution in [0, 0.1) is 0 Å². The van der Waals surface area contributed by atoms with Crippen molar-refractivity contribution in [2.24, 2.45) is 4.99 Å². The second-order valence-electron chi connectivity index (χ2n) is 5.13. The molecule has 1 fully saturated rings. The smallest absolute Gasteiger partial charge is 0.191 e. The molecule has 1 aromatic rings. The number of nitrogens with one attached hydrogen (secondary N) is 2. The Labute approximate surface area is 156 Å². The molecule has 0 radical (unpaired) electrons. The lowest BCUT2D eigenvalue weighted by Crippen LogP contribution is -2.37. The molecule has 128 valence electrons. The summed E-state index contributed by atoms with van der Waals surface area (Å²) in [6.07, 6.45) is 1.82. The molecule has 2 N–H and O–H groups in total. The molecular formula is C17H27IN4O. The van der Waals surface area contributed by atoms with Crippen LogP contribution in [0.3, 0.4) is 0 Å². The van der Waals surface area contributed by atoms with Gasteiger partial charge in [0.2, 0.25) is 0 Å². The van der Waals surface area contributed by atoms with E-state index in [1.54, 1.807) is 0 Å². The topological polar surface area (TPSA) is 48.9 Å². The Bertz CT molecular complexity index is 484. The highest BCUT2D eigenvalue weighted by Crippen LogP contribution is 2.17.